The van der Waals surface area contributed by atoms with Gasteiger partial charge in [-0.2, -0.15) is 0 Å². The summed E-state index contributed by atoms with van der Waals surface area (Å²) in [5.74, 6) is 0. The first-order valence-corrected chi connectivity index (χ1v) is 3.49. The Morgan fingerprint density at radius 1 is 1.46 bits per heavy atom. The molecule has 5 heteroatoms. The molecule has 0 amide bonds. The lowest BCUT2D eigenvalue weighted by Gasteiger charge is -1.98. The third-order valence-electron chi connectivity index (χ3n) is 1.54. The Hall–Kier alpha value is -2.04. The van der Waals surface area contributed by atoms with Crippen LogP contribution in [0.15, 0.2) is 24.3 Å². The maximum Gasteiger partial charge on any atom is 0.278 e. The minimum atomic E-state index is -0.562. The first-order valence-electron chi connectivity index (χ1n) is 3.49. The summed E-state index contributed by atoms with van der Waals surface area (Å²) in [7, 11) is 0. The molecule has 1 rings (SSSR count). The number of nitro benzene ring substituents is 1. The fraction of sp³-hybridized carbons (Fsp3) is 0. The molecule has 0 saturated heterocycles. The van der Waals surface area contributed by atoms with Gasteiger partial charge in [0.1, 0.15) is 0 Å². The zero-order chi connectivity index (χ0) is 9.84. The monoisotopic (exact) mass is 177 g/mol. The molecule has 0 aliphatic rings. The first kappa shape index (κ1) is 9.05. The summed E-state index contributed by atoms with van der Waals surface area (Å²) >= 11 is 0. The number of nitrogens with one attached hydrogen (secondary N) is 2. The number of para-hydroxylation sites is 1. The van der Waals surface area contributed by atoms with Gasteiger partial charge in [0, 0.05) is 12.3 Å². The van der Waals surface area contributed by atoms with Crippen molar-refractivity contribution in [2.45, 2.75) is 0 Å². The Labute approximate surface area is 74.2 Å². The third-order valence-corrected chi connectivity index (χ3v) is 1.54. The van der Waals surface area contributed by atoms with Crippen molar-refractivity contribution in [2.24, 2.45) is 0 Å². The fourth-order valence-corrected chi connectivity index (χ4v) is 0.938. The Morgan fingerprint density at radius 3 is 2.62 bits per heavy atom. The van der Waals surface area contributed by atoms with Gasteiger partial charge in [0.05, 0.1) is 16.2 Å². The largest absolute Gasteiger partial charge is 0.307 e. The Kier molecular flexibility index (Phi) is 2.49. The first-order chi connectivity index (χ1) is 6.16. The molecule has 13 heavy (non-hydrogen) atoms. The van der Waals surface area contributed by atoms with Crippen LogP contribution in [0.5, 0.6) is 0 Å². The van der Waals surface area contributed by atoms with Crippen molar-refractivity contribution >= 4 is 17.6 Å². The second-order valence-corrected chi connectivity index (χ2v) is 2.33. The highest BCUT2D eigenvalue weighted by Gasteiger charge is 2.14. The van der Waals surface area contributed by atoms with Crippen LogP contribution in [0, 0.1) is 20.9 Å². The summed E-state index contributed by atoms with van der Waals surface area (Å²) in [6.07, 6.45) is 0.780. The highest BCUT2D eigenvalue weighted by Crippen LogP contribution is 2.17. The molecule has 2 N–H and O–H groups in total. The van der Waals surface area contributed by atoms with Crippen LogP contribution < -0.4 is 0 Å². The Balaban J connectivity index is 3.27. The Morgan fingerprint density at radius 2 is 2.08 bits per heavy atom. The highest BCUT2D eigenvalue weighted by molar-refractivity contribution is 6.36. The van der Waals surface area contributed by atoms with E-state index in [1.807, 2.05) is 0 Å². The molecule has 0 aliphatic carbocycles. The third kappa shape index (κ3) is 1.76. The standard InChI is InChI=1S/C8H7N3O2/c9-5-7(10)6-3-1-2-4-8(6)11(12)13/h1-5,9-10H. The number of benzene rings is 1. The second kappa shape index (κ2) is 3.57. The molecule has 1 aromatic rings. The van der Waals surface area contributed by atoms with E-state index in [1.54, 1.807) is 6.07 Å². The molecule has 5 nitrogen and oxygen atoms in total. The van der Waals surface area contributed by atoms with Gasteiger partial charge in [-0.05, 0) is 6.07 Å². The van der Waals surface area contributed by atoms with Gasteiger partial charge in [-0.1, -0.05) is 12.1 Å². The topological polar surface area (TPSA) is 90.8 Å². The molecule has 0 fully saturated rings. The van der Waals surface area contributed by atoms with E-state index in [2.05, 4.69) is 0 Å². The maximum absolute atomic E-state index is 10.5. The number of hydrogen-bond donors (Lipinski definition) is 2. The van der Waals surface area contributed by atoms with E-state index in [1.165, 1.54) is 18.2 Å². The summed E-state index contributed by atoms with van der Waals surface area (Å²) in [5, 5.41) is 24.6. The van der Waals surface area contributed by atoms with Gasteiger partial charge in [0.2, 0.25) is 0 Å². The van der Waals surface area contributed by atoms with E-state index in [0.29, 0.717) is 0 Å². The van der Waals surface area contributed by atoms with Crippen molar-refractivity contribution in [3.63, 3.8) is 0 Å². The molecular formula is C8H7N3O2. The van der Waals surface area contributed by atoms with Crippen molar-refractivity contribution in [3.05, 3.63) is 39.9 Å². The average molecular weight is 177 g/mol. The predicted octanol–water partition coefficient (Wildman–Crippen LogP) is 1.61. The summed E-state index contributed by atoms with van der Waals surface area (Å²) in [6.45, 7) is 0. The van der Waals surface area contributed by atoms with Crippen LogP contribution in [0.25, 0.3) is 0 Å². The van der Waals surface area contributed by atoms with Crippen molar-refractivity contribution in [2.75, 3.05) is 0 Å². The molecule has 66 valence electrons. The zero-order valence-electron chi connectivity index (χ0n) is 6.65. The molecule has 0 atom stereocenters. The lowest BCUT2D eigenvalue weighted by Crippen LogP contribution is -2.03. The molecule has 0 unspecified atom stereocenters. The van der Waals surface area contributed by atoms with E-state index < -0.39 is 4.92 Å². The van der Waals surface area contributed by atoms with Gasteiger partial charge in [-0.25, -0.2) is 0 Å². The Bertz CT molecular complexity index is 373. The molecular weight excluding hydrogens is 170 g/mol. The van der Waals surface area contributed by atoms with E-state index in [-0.39, 0.29) is 17.0 Å². The summed E-state index contributed by atoms with van der Waals surface area (Å²) in [5.41, 5.74) is -0.134. The number of nitro groups is 1. The van der Waals surface area contributed by atoms with Crippen LogP contribution >= 0.6 is 0 Å². The average Bonchev–Trinajstić information content (AvgIpc) is 2.16. The van der Waals surface area contributed by atoms with E-state index >= 15 is 0 Å². The SMILES string of the molecule is N=CC(=N)c1ccccc1[N+](=O)[O-]. The van der Waals surface area contributed by atoms with Crippen LogP contribution in [0.3, 0.4) is 0 Å². The molecule has 0 aliphatic heterocycles. The molecule has 0 spiro atoms. The van der Waals surface area contributed by atoms with Crippen LogP contribution in [0.1, 0.15) is 5.56 Å². The number of hydrogen-bond acceptors (Lipinski definition) is 4. The minimum absolute atomic E-state index is 0.143. The predicted molar refractivity (Wildman–Crippen MR) is 48.7 cm³/mol. The van der Waals surface area contributed by atoms with Crippen molar-refractivity contribution in [1.82, 2.24) is 0 Å². The summed E-state index contributed by atoms with van der Waals surface area (Å²) in [4.78, 5) is 9.91. The van der Waals surface area contributed by atoms with Gasteiger partial charge in [0.15, 0.2) is 0 Å². The van der Waals surface area contributed by atoms with Gasteiger partial charge in [-0.3, -0.25) is 15.5 Å². The van der Waals surface area contributed by atoms with E-state index in [9.17, 15) is 10.1 Å². The lowest BCUT2D eigenvalue weighted by atomic mass is 10.1. The number of rotatable bonds is 3. The van der Waals surface area contributed by atoms with E-state index in [0.717, 1.165) is 6.21 Å². The minimum Gasteiger partial charge on any atom is -0.307 e. The molecule has 0 aromatic heterocycles. The second-order valence-electron chi connectivity index (χ2n) is 2.33. The maximum atomic E-state index is 10.5. The lowest BCUT2D eigenvalue weighted by molar-refractivity contribution is -0.385. The van der Waals surface area contributed by atoms with Crippen LogP contribution in [0.2, 0.25) is 0 Å². The highest BCUT2D eigenvalue weighted by atomic mass is 16.6. The molecule has 0 heterocycles. The zero-order valence-corrected chi connectivity index (χ0v) is 6.65. The van der Waals surface area contributed by atoms with Crippen LogP contribution in [0.4, 0.5) is 5.69 Å². The fourth-order valence-electron chi connectivity index (χ4n) is 0.938. The van der Waals surface area contributed by atoms with E-state index in [4.69, 9.17) is 10.8 Å². The van der Waals surface area contributed by atoms with Gasteiger partial charge in [-0.15, -0.1) is 0 Å². The number of nitrogens with zero attached hydrogens (tertiary/aromatic N) is 1. The van der Waals surface area contributed by atoms with Gasteiger partial charge < -0.3 is 5.41 Å². The molecule has 0 radical (unpaired) electrons. The molecule has 0 bridgehead atoms. The van der Waals surface area contributed by atoms with Crippen molar-refractivity contribution in [1.29, 1.82) is 10.8 Å². The van der Waals surface area contributed by atoms with Gasteiger partial charge >= 0.3 is 0 Å². The quantitative estimate of drug-likeness (QED) is 0.417. The van der Waals surface area contributed by atoms with Crippen molar-refractivity contribution in [3.8, 4) is 0 Å². The van der Waals surface area contributed by atoms with Crippen molar-refractivity contribution < 1.29 is 4.92 Å². The summed E-state index contributed by atoms with van der Waals surface area (Å²) in [6, 6.07) is 5.89. The van der Waals surface area contributed by atoms with Gasteiger partial charge in [0.25, 0.3) is 5.69 Å². The van der Waals surface area contributed by atoms with Crippen LogP contribution in [-0.4, -0.2) is 16.8 Å². The summed E-state index contributed by atoms with van der Waals surface area (Å²) < 4.78 is 0. The molecule has 0 saturated carbocycles. The normalized spacial score (nSPS) is 9.23. The van der Waals surface area contributed by atoms with Crippen LogP contribution in [-0.2, 0) is 0 Å². The molecule has 1 aromatic carbocycles. The smallest absolute Gasteiger partial charge is 0.278 e.